The van der Waals surface area contributed by atoms with Gasteiger partial charge in [-0.15, -0.1) is 0 Å². The molecule has 2 nitrogen and oxygen atoms in total. The van der Waals surface area contributed by atoms with Gasteiger partial charge in [-0.3, -0.25) is 0 Å². The molecule has 0 radical (unpaired) electrons. The van der Waals surface area contributed by atoms with Crippen LogP contribution in [0.4, 0.5) is 5.69 Å². The first kappa shape index (κ1) is 7.74. The second-order valence-corrected chi connectivity index (χ2v) is 2.75. The van der Waals surface area contributed by atoms with Crippen molar-refractivity contribution in [2.75, 3.05) is 0 Å². The fraction of sp³-hybridized carbons (Fsp3) is 0.333. The van der Waals surface area contributed by atoms with Crippen LogP contribution in [0.15, 0.2) is 12.1 Å². The fourth-order valence-corrected chi connectivity index (χ4v) is 1.05. The molecule has 0 saturated heterocycles. The second kappa shape index (κ2) is 2.71. The molecule has 0 amide bonds. The van der Waals surface area contributed by atoms with E-state index in [1.807, 2.05) is 32.9 Å². The Morgan fingerprint density at radius 2 is 1.73 bits per heavy atom. The summed E-state index contributed by atoms with van der Waals surface area (Å²) in [5, 5.41) is 8.56. The van der Waals surface area contributed by atoms with Gasteiger partial charge in [-0.2, -0.15) is 0 Å². The molecule has 0 saturated carbocycles. The Morgan fingerprint density at radius 3 is 2.27 bits per heavy atom. The zero-order valence-corrected chi connectivity index (χ0v) is 7.05. The lowest BCUT2D eigenvalue weighted by Gasteiger charge is -1.98. The fourth-order valence-electron chi connectivity index (χ4n) is 1.05. The van der Waals surface area contributed by atoms with Crippen molar-refractivity contribution in [1.29, 1.82) is 5.39 Å². The molecule has 1 rings (SSSR count). The van der Waals surface area contributed by atoms with Crippen molar-refractivity contribution in [2.45, 2.75) is 20.8 Å². The van der Waals surface area contributed by atoms with E-state index in [9.17, 15) is 0 Å². The van der Waals surface area contributed by atoms with Crippen LogP contribution in [0, 0.1) is 26.2 Å². The van der Waals surface area contributed by atoms with Gasteiger partial charge in [0.2, 0.25) is 5.39 Å². The van der Waals surface area contributed by atoms with Gasteiger partial charge < -0.3 is 0 Å². The third kappa shape index (κ3) is 1.22. The van der Waals surface area contributed by atoms with Gasteiger partial charge in [0.25, 0.3) is 0 Å². The molecular formula is C9H11N2+. The minimum Gasteiger partial charge on any atom is -0.0510 e. The van der Waals surface area contributed by atoms with Gasteiger partial charge >= 0.3 is 5.69 Å². The lowest BCUT2D eigenvalue weighted by molar-refractivity contribution is 1.27. The summed E-state index contributed by atoms with van der Waals surface area (Å²) in [5.74, 6) is 0. The average Bonchev–Trinajstić information content (AvgIpc) is 2.01. The quantitative estimate of drug-likeness (QED) is 0.518. The third-order valence-corrected chi connectivity index (χ3v) is 2.14. The molecule has 0 heterocycles. The molecule has 0 bridgehead atoms. The maximum Gasteiger partial charge on any atom is 0.388 e. The highest BCUT2D eigenvalue weighted by molar-refractivity contribution is 5.56. The summed E-state index contributed by atoms with van der Waals surface area (Å²) < 4.78 is 0. The van der Waals surface area contributed by atoms with Crippen molar-refractivity contribution in [2.24, 2.45) is 0 Å². The molecule has 11 heavy (non-hydrogen) atoms. The van der Waals surface area contributed by atoms with Gasteiger partial charge in [0, 0.05) is 11.6 Å². The van der Waals surface area contributed by atoms with E-state index in [2.05, 4.69) is 4.98 Å². The molecule has 0 unspecified atom stereocenters. The molecule has 0 aromatic heterocycles. The number of benzene rings is 1. The van der Waals surface area contributed by atoms with Crippen LogP contribution in [0.3, 0.4) is 0 Å². The smallest absolute Gasteiger partial charge is 0.0510 e. The van der Waals surface area contributed by atoms with Gasteiger partial charge in [-0.25, -0.2) is 0 Å². The highest BCUT2D eigenvalue weighted by atomic mass is 14.8. The lowest BCUT2D eigenvalue weighted by atomic mass is 10.0. The summed E-state index contributed by atoms with van der Waals surface area (Å²) in [6, 6.07) is 3.77. The zero-order valence-electron chi connectivity index (χ0n) is 7.05. The van der Waals surface area contributed by atoms with E-state index in [-0.39, 0.29) is 0 Å². The largest absolute Gasteiger partial charge is 0.388 e. The molecule has 1 aromatic rings. The second-order valence-electron chi connectivity index (χ2n) is 2.75. The van der Waals surface area contributed by atoms with Crippen LogP contribution in [-0.4, -0.2) is 0 Å². The molecule has 2 heteroatoms. The van der Waals surface area contributed by atoms with Crippen molar-refractivity contribution in [3.8, 4) is 0 Å². The first-order chi connectivity index (χ1) is 5.16. The highest BCUT2D eigenvalue weighted by Gasteiger charge is 2.11. The number of diazo groups is 1. The van der Waals surface area contributed by atoms with Crippen LogP contribution >= 0.6 is 0 Å². The summed E-state index contributed by atoms with van der Waals surface area (Å²) in [7, 11) is 0. The zero-order chi connectivity index (χ0) is 8.43. The number of hydrogen-bond donors (Lipinski definition) is 0. The van der Waals surface area contributed by atoms with E-state index >= 15 is 0 Å². The lowest BCUT2D eigenvalue weighted by Crippen LogP contribution is -1.84. The maximum absolute atomic E-state index is 8.56. The van der Waals surface area contributed by atoms with E-state index in [4.69, 9.17) is 5.39 Å². The van der Waals surface area contributed by atoms with E-state index in [0.29, 0.717) is 5.69 Å². The maximum atomic E-state index is 8.56. The first-order valence-corrected chi connectivity index (χ1v) is 3.58. The van der Waals surface area contributed by atoms with Crippen LogP contribution in [0.5, 0.6) is 0 Å². The number of nitrogens with zero attached hydrogens (tertiary/aromatic N) is 2. The average molecular weight is 147 g/mol. The Balaban J connectivity index is 3.40. The predicted molar refractivity (Wildman–Crippen MR) is 45.4 cm³/mol. The van der Waals surface area contributed by atoms with Crippen LogP contribution < -0.4 is 0 Å². The molecule has 0 N–H and O–H groups in total. The number of aryl methyl sites for hydroxylation is 1. The Hall–Kier alpha value is -1.36. The molecule has 0 aliphatic rings. The van der Waals surface area contributed by atoms with Crippen LogP contribution in [0.2, 0.25) is 0 Å². The summed E-state index contributed by atoms with van der Waals surface area (Å²) in [5.41, 5.74) is 4.14. The van der Waals surface area contributed by atoms with Crippen LogP contribution in [-0.2, 0) is 0 Å². The van der Waals surface area contributed by atoms with Crippen molar-refractivity contribution < 1.29 is 0 Å². The highest BCUT2D eigenvalue weighted by Crippen LogP contribution is 2.23. The molecular weight excluding hydrogens is 136 g/mol. The van der Waals surface area contributed by atoms with Crippen LogP contribution in [0.25, 0.3) is 4.98 Å². The summed E-state index contributed by atoms with van der Waals surface area (Å²) in [6.45, 7) is 6.03. The van der Waals surface area contributed by atoms with Gasteiger partial charge in [0.05, 0.1) is 0 Å². The Kier molecular flexibility index (Phi) is 1.91. The van der Waals surface area contributed by atoms with Gasteiger partial charge in [0.1, 0.15) is 0 Å². The molecule has 0 aliphatic carbocycles. The van der Waals surface area contributed by atoms with Crippen LogP contribution in [0.1, 0.15) is 16.7 Å². The Morgan fingerprint density at radius 1 is 1.09 bits per heavy atom. The standard InChI is InChI=1S/C9H11N2/c1-6-4-5-9(11-10)8(3)7(6)2/h4-5H,1-3H3/q+1. The predicted octanol–water partition coefficient (Wildman–Crippen LogP) is 3.10. The van der Waals surface area contributed by atoms with Gasteiger partial charge in [-0.1, -0.05) is 6.07 Å². The molecule has 56 valence electrons. The first-order valence-electron chi connectivity index (χ1n) is 3.58. The molecule has 0 aliphatic heterocycles. The van der Waals surface area contributed by atoms with Crippen molar-refractivity contribution in [3.63, 3.8) is 0 Å². The normalized spacial score (nSPS) is 9.27. The Labute approximate surface area is 66.5 Å². The topological polar surface area (TPSA) is 28.1 Å². The Bertz CT molecular complexity index is 321. The minimum atomic E-state index is 0.660. The minimum absolute atomic E-state index is 0.660. The summed E-state index contributed by atoms with van der Waals surface area (Å²) in [4.78, 5) is 3.17. The summed E-state index contributed by atoms with van der Waals surface area (Å²) >= 11 is 0. The van der Waals surface area contributed by atoms with E-state index in [1.165, 1.54) is 11.1 Å². The molecule has 0 fully saturated rings. The molecule has 0 atom stereocenters. The van der Waals surface area contributed by atoms with E-state index in [0.717, 1.165) is 5.56 Å². The van der Waals surface area contributed by atoms with Gasteiger partial charge in [0.15, 0.2) is 4.98 Å². The van der Waals surface area contributed by atoms with Crippen molar-refractivity contribution in [1.82, 2.24) is 0 Å². The number of rotatable bonds is 0. The third-order valence-electron chi connectivity index (χ3n) is 2.14. The van der Waals surface area contributed by atoms with Crippen molar-refractivity contribution >= 4 is 5.69 Å². The van der Waals surface area contributed by atoms with Crippen molar-refractivity contribution in [3.05, 3.63) is 33.8 Å². The SMILES string of the molecule is Cc1ccc([N+]#N)c(C)c1C. The van der Waals surface area contributed by atoms with E-state index in [1.54, 1.807) is 0 Å². The summed E-state index contributed by atoms with van der Waals surface area (Å²) in [6.07, 6.45) is 0. The molecule has 1 aromatic carbocycles. The molecule has 0 spiro atoms. The van der Waals surface area contributed by atoms with Gasteiger partial charge in [-0.05, 0) is 31.9 Å². The van der Waals surface area contributed by atoms with E-state index < -0.39 is 0 Å². The number of hydrogen-bond acceptors (Lipinski definition) is 1. The monoisotopic (exact) mass is 147 g/mol.